The fourth-order valence-electron chi connectivity index (χ4n) is 3.40. The summed E-state index contributed by atoms with van der Waals surface area (Å²) in [6.45, 7) is 3.40. The van der Waals surface area contributed by atoms with Gasteiger partial charge >= 0.3 is 12.0 Å². The summed E-state index contributed by atoms with van der Waals surface area (Å²) in [5, 5.41) is 6.83. The summed E-state index contributed by atoms with van der Waals surface area (Å²) in [7, 11) is 0. The standard InChI is InChI=1S/C21H26N4O5/c1-2-28-18(26)9-11-22-21(27)25-12-10-15(13-25)29-17-6-4-3-5-16(17)20-23-19(24-30-20)14-7-8-14/h3-6,14-15H,2,7-13H2,1H3,(H,22,27). The molecule has 1 unspecified atom stereocenters. The van der Waals surface area contributed by atoms with Crippen LogP contribution in [0.25, 0.3) is 11.5 Å². The third-order valence-electron chi connectivity index (χ3n) is 5.14. The molecule has 0 spiro atoms. The molecule has 1 saturated heterocycles. The van der Waals surface area contributed by atoms with Gasteiger partial charge in [0.05, 0.1) is 25.1 Å². The van der Waals surface area contributed by atoms with Crippen LogP contribution in [0, 0.1) is 0 Å². The molecule has 1 saturated carbocycles. The highest BCUT2D eigenvalue weighted by Crippen LogP contribution is 2.39. The lowest BCUT2D eigenvalue weighted by atomic mass is 10.2. The van der Waals surface area contributed by atoms with E-state index < -0.39 is 0 Å². The van der Waals surface area contributed by atoms with Crippen LogP contribution in [-0.4, -0.2) is 59.4 Å². The van der Waals surface area contributed by atoms with Crippen molar-refractivity contribution in [2.45, 2.75) is 44.6 Å². The second-order valence-corrected chi connectivity index (χ2v) is 7.49. The number of urea groups is 1. The van der Waals surface area contributed by atoms with Crippen molar-refractivity contribution < 1.29 is 23.6 Å². The van der Waals surface area contributed by atoms with Crippen LogP contribution in [-0.2, 0) is 9.53 Å². The van der Waals surface area contributed by atoms with Crippen molar-refractivity contribution in [3.8, 4) is 17.2 Å². The Morgan fingerprint density at radius 1 is 1.27 bits per heavy atom. The van der Waals surface area contributed by atoms with Gasteiger partial charge in [-0.15, -0.1) is 0 Å². The molecule has 1 atom stereocenters. The maximum absolute atomic E-state index is 12.3. The monoisotopic (exact) mass is 414 g/mol. The Hall–Kier alpha value is -3.10. The van der Waals surface area contributed by atoms with Crippen molar-refractivity contribution in [3.63, 3.8) is 0 Å². The SMILES string of the molecule is CCOC(=O)CCNC(=O)N1CCC(Oc2ccccc2-c2nc(C3CC3)no2)C1. The number of aromatic nitrogens is 2. The number of para-hydroxylation sites is 1. The number of likely N-dealkylation sites (tertiary alicyclic amines) is 1. The largest absolute Gasteiger partial charge is 0.488 e. The van der Waals surface area contributed by atoms with Gasteiger partial charge in [0.2, 0.25) is 0 Å². The fourth-order valence-corrected chi connectivity index (χ4v) is 3.40. The fraction of sp³-hybridized carbons (Fsp3) is 0.524. The first-order valence-electron chi connectivity index (χ1n) is 10.4. The molecule has 2 heterocycles. The number of carbonyl (C=O) groups excluding carboxylic acids is 2. The molecule has 1 N–H and O–H groups in total. The smallest absolute Gasteiger partial charge is 0.317 e. The lowest BCUT2D eigenvalue weighted by Gasteiger charge is -2.18. The molecule has 2 amide bonds. The van der Waals surface area contributed by atoms with Crippen LogP contribution in [0.5, 0.6) is 5.75 Å². The van der Waals surface area contributed by atoms with E-state index in [1.165, 1.54) is 0 Å². The van der Waals surface area contributed by atoms with E-state index in [4.69, 9.17) is 14.0 Å². The van der Waals surface area contributed by atoms with E-state index in [1.54, 1.807) is 11.8 Å². The van der Waals surface area contributed by atoms with Gasteiger partial charge < -0.3 is 24.2 Å². The second kappa shape index (κ2) is 9.15. The van der Waals surface area contributed by atoms with Crippen molar-refractivity contribution in [2.24, 2.45) is 0 Å². The van der Waals surface area contributed by atoms with E-state index in [1.807, 2.05) is 24.3 Å². The van der Waals surface area contributed by atoms with Gasteiger partial charge in [0, 0.05) is 25.4 Å². The van der Waals surface area contributed by atoms with Crippen LogP contribution in [0.15, 0.2) is 28.8 Å². The zero-order valence-corrected chi connectivity index (χ0v) is 17.0. The van der Waals surface area contributed by atoms with Crippen molar-refractivity contribution in [1.82, 2.24) is 20.4 Å². The quantitative estimate of drug-likeness (QED) is 0.662. The molecule has 1 aliphatic carbocycles. The van der Waals surface area contributed by atoms with Crippen molar-refractivity contribution in [2.75, 3.05) is 26.2 Å². The molecule has 1 aliphatic heterocycles. The molecule has 160 valence electrons. The highest BCUT2D eigenvalue weighted by molar-refractivity contribution is 5.76. The Bertz CT molecular complexity index is 895. The summed E-state index contributed by atoms with van der Waals surface area (Å²) < 4.78 is 16.5. The van der Waals surface area contributed by atoms with Crippen LogP contribution in [0.3, 0.4) is 0 Å². The highest BCUT2D eigenvalue weighted by atomic mass is 16.5. The average Bonchev–Trinajstić information content (AvgIpc) is 3.28. The predicted octanol–water partition coefficient (Wildman–Crippen LogP) is 2.73. The first-order valence-corrected chi connectivity index (χ1v) is 10.4. The number of rotatable bonds is 8. The van der Waals surface area contributed by atoms with Crippen LogP contribution in [0.1, 0.15) is 44.3 Å². The average molecular weight is 414 g/mol. The molecule has 4 rings (SSSR count). The maximum Gasteiger partial charge on any atom is 0.317 e. The number of carbonyl (C=O) groups is 2. The maximum atomic E-state index is 12.3. The number of esters is 1. The number of ether oxygens (including phenoxy) is 2. The molecular weight excluding hydrogens is 388 g/mol. The van der Waals surface area contributed by atoms with Crippen LogP contribution >= 0.6 is 0 Å². The van der Waals surface area contributed by atoms with E-state index in [9.17, 15) is 9.59 Å². The highest BCUT2D eigenvalue weighted by Gasteiger charge is 2.31. The zero-order chi connectivity index (χ0) is 20.9. The molecule has 0 radical (unpaired) electrons. The number of hydrogen-bond acceptors (Lipinski definition) is 7. The van der Waals surface area contributed by atoms with Crippen molar-refractivity contribution in [1.29, 1.82) is 0 Å². The molecule has 1 aromatic heterocycles. The third kappa shape index (κ3) is 4.90. The Morgan fingerprint density at radius 3 is 2.90 bits per heavy atom. The van der Waals surface area contributed by atoms with E-state index in [-0.39, 0.29) is 31.1 Å². The van der Waals surface area contributed by atoms with Crippen LogP contribution in [0.4, 0.5) is 4.79 Å². The summed E-state index contributed by atoms with van der Waals surface area (Å²) in [5.74, 6) is 1.98. The first kappa shape index (κ1) is 20.2. The molecule has 30 heavy (non-hydrogen) atoms. The Balaban J connectivity index is 1.31. The first-order chi connectivity index (χ1) is 14.6. The van der Waals surface area contributed by atoms with E-state index in [2.05, 4.69) is 15.5 Å². The Kier molecular flexibility index (Phi) is 6.15. The van der Waals surface area contributed by atoms with Crippen LogP contribution < -0.4 is 10.1 Å². The number of benzene rings is 1. The molecule has 2 aliphatic rings. The molecule has 9 nitrogen and oxygen atoms in total. The summed E-state index contributed by atoms with van der Waals surface area (Å²) in [6.07, 6.45) is 2.96. The summed E-state index contributed by atoms with van der Waals surface area (Å²) >= 11 is 0. The topological polar surface area (TPSA) is 107 Å². The lowest BCUT2D eigenvalue weighted by Crippen LogP contribution is -2.40. The van der Waals surface area contributed by atoms with Gasteiger partial charge in [0.15, 0.2) is 5.82 Å². The lowest BCUT2D eigenvalue weighted by molar-refractivity contribution is -0.142. The normalized spacial score (nSPS) is 18.3. The molecule has 0 bridgehead atoms. The van der Waals surface area contributed by atoms with Gasteiger partial charge in [0.1, 0.15) is 11.9 Å². The number of hydrogen-bond donors (Lipinski definition) is 1. The molecule has 1 aromatic carbocycles. The minimum atomic E-state index is -0.317. The zero-order valence-electron chi connectivity index (χ0n) is 17.0. The predicted molar refractivity (Wildman–Crippen MR) is 107 cm³/mol. The molecular formula is C21H26N4O5. The van der Waals surface area contributed by atoms with E-state index >= 15 is 0 Å². The van der Waals surface area contributed by atoms with Crippen molar-refractivity contribution in [3.05, 3.63) is 30.1 Å². The number of nitrogens with zero attached hydrogens (tertiary/aromatic N) is 3. The minimum absolute atomic E-state index is 0.132. The summed E-state index contributed by atoms with van der Waals surface area (Å²) in [5.41, 5.74) is 0.759. The van der Waals surface area contributed by atoms with Crippen LogP contribution in [0.2, 0.25) is 0 Å². The van der Waals surface area contributed by atoms with Gasteiger partial charge in [-0.05, 0) is 31.9 Å². The van der Waals surface area contributed by atoms with Gasteiger partial charge in [0.25, 0.3) is 5.89 Å². The molecule has 2 aromatic rings. The third-order valence-corrected chi connectivity index (χ3v) is 5.14. The Morgan fingerprint density at radius 2 is 2.10 bits per heavy atom. The minimum Gasteiger partial charge on any atom is -0.488 e. The van der Waals surface area contributed by atoms with Gasteiger partial charge in [-0.2, -0.15) is 4.98 Å². The molecule has 9 heteroatoms. The second-order valence-electron chi connectivity index (χ2n) is 7.49. The van der Waals surface area contributed by atoms with Crippen molar-refractivity contribution >= 4 is 12.0 Å². The summed E-state index contributed by atoms with van der Waals surface area (Å²) in [4.78, 5) is 29.9. The van der Waals surface area contributed by atoms with Gasteiger partial charge in [-0.1, -0.05) is 17.3 Å². The van der Waals surface area contributed by atoms with Gasteiger partial charge in [-0.3, -0.25) is 4.79 Å². The van der Waals surface area contributed by atoms with Gasteiger partial charge in [-0.25, -0.2) is 4.79 Å². The van der Waals surface area contributed by atoms with E-state index in [0.717, 1.165) is 30.7 Å². The van der Waals surface area contributed by atoms with E-state index in [0.29, 0.717) is 37.3 Å². The Labute approximate surface area is 174 Å². The molecule has 2 fully saturated rings. The number of amides is 2. The summed E-state index contributed by atoms with van der Waals surface area (Å²) in [6, 6.07) is 7.37. The number of nitrogens with one attached hydrogen (secondary N) is 1.